The molecule has 0 spiro atoms. The Balaban J connectivity index is 2.21. The molecule has 0 aromatic heterocycles. The van der Waals surface area contributed by atoms with E-state index in [1.54, 1.807) is 12.1 Å². The summed E-state index contributed by atoms with van der Waals surface area (Å²) < 4.78 is 23.7. The Morgan fingerprint density at radius 1 is 0.957 bits per heavy atom. The molecular weight excluding hydrogens is 312 g/mol. The first-order chi connectivity index (χ1) is 10.8. The van der Waals surface area contributed by atoms with Crippen molar-refractivity contribution in [2.24, 2.45) is 5.92 Å². The minimum absolute atomic E-state index is 0.0278. The Morgan fingerprint density at radius 2 is 1.43 bits per heavy atom. The summed E-state index contributed by atoms with van der Waals surface area (Å²) in [5.74, 6) is -1.65. The Hall–Kier alpha value is -2.14. The second-order valence-corrected chi connectivity index (χ2v) is 7.96. The van der Waals surface area contributed by atoms with Crippen LogP contribution >= 0.6 is 0 Å². The van der Waals surface area contributed by atoms with E-state index < -0.39 is 21.6 Å². The Kier molecular flexibility index (Phi) is 5.21. The van der Waals surface area contributed by atoms with E-state index in [-0.39, 0.29) is 4.90 Å². The second kappa shape index (κ2) is 6.96. The van der Waals surface area contributed by atoms with Gasteiger partial charge >= 0.3 is 5.97 Å². The summed E-state index contributed by atoms with van der Waals surface area (Å²) in [4.78, 5) is 10.6. The van der Waals surface area contributed by atoms with E-state index in [4.69, 9.17) is 5.11 Å². The lowest BCUT2D eigenvalue weighted by Gasteiger charge is -2.08. The van der Waals surface area contributed by atoms with Crippen LogP contribution in [0.15, 0.2) is 53.4 Å². The van der Waals surface area contributed by atoms with Gasteiger partial charge < -0.3 is 5.11 Å². The number of rotatable bonds is 6. The van der Waals surface area contributed by atoms with E-state index in [2.05, 4.69) is 26.0 Å². The zero-order chi connectivity index (χ0) is 17.0. The maximum Gasteiger partial charge on any atom is 0.319 e. The summed E-state index contributed by atoms with van der Waals surface area (Å²) in [6, 6.07) is 14.5. The van der Waals surface area contributed by atoms with Crippen LogP contribution < -0.4 is 0 Å². The minimum atomic E-state index is -3.78. The molecule has 2 aromatic rings. The average Bonchev–Trinajstić information content (AvgIpc) is 2.46. The summed E-state index contributed by atoms with van der Waals surface area (Å²) in [6.07, 6.45) is 1.02. The molecule has 0 amide bonds. The summed E-state index contributed by atoms with van der Waals surface area (Å²) in [5.41, 5.74) is 3.17. The van der Waals surface area contributed by atoms with E-state index in [1.807, 2.05) is 12.1 Å². The molecule has 0 bridgehead atoms. The van der Waals surface area contributed by atoms with Gasteiger partial charge in [0.2, 0.25) is 0 Å². The van der Waals surface area contributed by atoms with Gasteiger partial charge in [-0.05, 0) is 41.2 Å². The molecule has 2 aromatic carbocycles. The largest absolute Gasteiger partial charge is 0.480 e. The molecule has 2 rings (SSSR count). The fourth-order valence-corrected chi connectivity index (χ4v) is 3.45. The van der Waals surface area contributed by atoms with Gasteiger partial charge in [-0.1, -0.05) is 50.2 Å². The smallest absolute Gasteiger partial charge is 0.319 e. The van der Waals surface area contributed by atoms with Crippen molar-refractivity contribution in [1.29, 1.82) is 0 Å². The van der Waals surface area contributed by atoms with Crippen molar-refractivity contribution in [1.82, 2.24) is 0 Å². The summed E-state index contributed by atoms with van der Waals surface area (Å²) in [7, 11) is -3.78. The van der Waals surface area contributed by atoms with E-state index in [0.717, 1.165) is 17.5 Å². The number of sulfone groups is 1. The molecule has 0 saturated heterocycles. The van der Waals surface area contributed by atoms with Gasteiger partial charge in [0.05, 0.1) is 4.90 Å². The van der Waals surface area contributed by atoms with Crippen LogP contribution in [0.3, 0.4) is 0 Å². The Labute approximate surface area is 136 Å². The fraction of sp³-hybridized carbons (Fsp3) is 0.278. The Morgan fingerprint density at radius 3 is 1.87 bits per heavy atom. The van der Waals surface area contributed by atoms with Gasteiger partial charge in [-0.15, -0.1) is 0 Å². The topological polar surface area (TPSA) is 71.4 Å². The quantitative estimate of drug-likeness (QED) is 0.880. The van der Waals surface area contributed by atoms with Crippen LogP contribution in [-0.2, 0) is 21.1 Å². The number of benzene rings is 2. The van der Waals surface area contributed by atoms with E-state index in [0.29, 0.717) is 5.92 Å². The molecule has 122 valence electrons. The van der Waals surface area contributed by atoms with Gasteiger partial charge in [0, 0.05) is 0 Å². The zero-order valence-corrected chi connectivity index (χ0v) is 14.0. The Bertz CT molecular complexity index is 773. The molecule has 0 fully saturated rings. The van der Waals surface area contributed by atoms with E-state index in [9.17, 15) is 13.2 Å². The number of hydrogen-bond donors (Lipinski definition) is 1. The highest BCUT2D eigenvalue weighted by atomic mass is 32.2. The van der Waals surface area contributed by atoms with Crippen LogP contribution in [-0.4, -0.2) is 25.2 Å². The number of carboxylic acid groups (broad SMARTS) is 1. The molecule has 0 aliphatic rings. The molecule has 0 saturated carbocycles. The van der Waals surface area contributed by atoms with Crippen LogP contribution in [0.4, 0.5) is 0 Å². The van der Waals surface area contributed by atoms with E-state index in [1.165, 1.54) is 17.7 Å². The van der Waals surface area contributed by atoms with Crippen LogP contribution in [0, 0.1) is 5.92 Å². The standard InChI is InChI=1S/C18H20O4S/c1-13(2)11-14-3-5-15(6-4-14)16-7-9-17(10-8-16)23(21,22)12-18(19)20/h3-10,13H,11-12H2,1-2H3,(H,19,20). The van der Waals surface area contributed by atoms with Gasteiger partial charge in [-0.3, -0.25) is 4.79 Å². The maximum absolute atomic E-state index is 11.9. The lowest BCUT2D eigenvalue weighted by atomic mass is 9.99. The predicted molar refractivity (Wildman–Crippen MR) is 90.1 cm³/mol. The lowest BCUT2D eigenvalue weighted by molar-refractivity contribution is -0.134. The van der Waals surface area contributed by atoms with Gasteiger partial charge in [-0.25, -0.2) is 8.42 Å². The van der Waals surface area contributed by atoms with Gasteiger partial charge in [0.1, 0.15) is 0 Å². The van der Waals surface area contributed by atoms with Crippen LogP contribution in [0.5, 0.6) is 0 Å². The minimum Gasteiger partial charge on any atom is -0.480 e. The molecule has 0 radical (unpaired) electrons. The molecule has 1 N–H and O–H groups in total. The first-order valence-electron chi connectivity index (χ1n) is 7.42. The third-order valence-electron chi connectivity index (χ3n) is 3.46. The van der Waals surface area contributed by atoms with Gasteiger partial charge in [0.25, 0.3) is 0 Å². The van der Waals surface area contributed by atoms with Crippen molar-refractivity contribution in [2.45, 2.75) is 25.2 Å². The van der Waals surface area contributed by atoms with Crippen molar-refractivity contribution >= 4 is 15.8 Å². The third-order valence-corrected chi connectivity index (χ3v) is 5.08. The second-order valence-electron chi connectivity index (χ2n) is 5.97. The molecule has 0 atom stereocenters. The number of hydrogen-bond acceptors (Lipinski definition) is 3. The molecule has 0 heterocycles. The van der Waals surface area contributed by atoms with Crippen molar-refractivity contribution in [3.63, 3.8) is 0 Å². The van der Waals surface area contributed by atoms with E-state index >= 15 is 0 Å². The van der Waals surface area contributed by atoms with Gasteiger partial charge in [0.15, 0.2) is 15.6 Å². The molecule has 0 aliphatic heterocycles. The van der Waals surface area contributed by atoms with Crippen LogP contribution in [0.25, 0.3) is 11.1 Å². The SMILES string of the molecule is CC(C)Cc1ccc(-c2ccc(S(=O)(=O)CC(=O)O)cc2)cc1. The highest BCUT2D eigenvalue weighted by Gasteiger charge is 2.18. The van der Waals surface area contributed by atoms with Crippen LogP contribution in [0.2, 0.25) is 0 Å². The normalized spacial score (nSPS) is 11.6. The summed E-state index contributed by atoms with van der Waals surface area (Å²) >= 11 is 0. The first kappa shape index (κ1) is 17.2. The monoisotopic (exact) mass is 332 g/mol. The number of carboxylic acids is 1. The van der Waals surface area contributed by atoms with Crippen LogP contribution in [0.1, 0.15) is 19.4 Å². The average molecular weight is 332 g/mol. The van der Waals surface area contributed by atoms with Crippen molar-refractivity contribution in [3.8, 4) is 11.1 Å². The van der Waals surface area contributed by atoms with Crippen molar-refractivity contribution in [2.75, 3.05) is 5.75 Å². The van der Waals surface area contributed by atoms with Crippen molar-refractivity contribution < 1.29 is 18.3 Å². The summed E-state index contributed by atoms with van der Waals surface area (Å²) in [5, 5.41) is 8.65. The molecule has 0 aliphatic carbocycles. The number of aliphatic carboxylic acids is 1. The predicted octanol–water partition coefficient (Wildman–Crippen LogP) is 3.41. The number of carbonyl (C=O) groups is 1. The zero-order valence-electron chi connectivity index (χ0n) is 13.2. The summed E-state index contributed by atoms with van der Waals surface area (Å²) in [6.45, 7) is 4.34. The van der Waals surface area contributed by atoms with Crippen molar-refractivity contribution in [3.05, 3.63) is 54.1 Å². The molecular formula is C18H20O4S. The molecule has 23 heavy (non-hydrogen) atoms. The highest BCUT2D eigenvalue weighted by Crippen LogP contribution is 2.23. The highest BCUT2D eigenvalue weighted by molar-refractivity contribution is 7.92. The molecule has 4 nitrogen and oxygen atoms in total. The first-order valence-corrected chi connectivity index (χ1v) is 9.07. The maximum atomic E-state index is 11.9. The third kappa shape index (κ3) is 4.66. The molecule has 5 heteroatoms. The fourth-order valence-electron chi connectivity index (χ4n) is 2.41. The lowest BCUT2D eigenvalue weighted by Crippen LogP contribution is -2.15. The van der Waals surface area contributed by atoms with Gasteiger partial charge in [-0.2, -0.15) is 0 Å². The molecule has 0 unspecified atom stereocenters.